The minimum Gasteiger partial charge on any atom is -0.370 e. The lowest BCUT2D eigenvalue weighted by Crippen LogP contribution is -2.14. The normalized spacial score (nSPS) is 13.6. The van der Waals surface area contributed by atoms with Gasteiger partial charge in [0.1, 0.15) is 5.82 Å². The molecule has 1 aromatic heterocycles. The lowest BCUT2D eigenvalue weighted by Gasteiger charge is -2.16. The number of nitrogens with one attached hydrogen (secondary N) is 1. The summed E-state index contributed by atoms with van der Waals surface area (Å²) in [5.74, 6) is -0.538. The molecule has 1 amide bonds. The predicted molar refractivity (Wildman–Crippen MR) is 97.5 cm³/mol. The summed E-state index contributed by atoms with van der Waals surface area (Å²) in [5.41, 5.74) is 11.3. The third-order valence-electron chi connectivity index (χ3n) is 4.66. The number of fused-ring (bicyclic) bond motifs is 2. The number of hydrogen-bond acceptors (Lipinski definition) is 2. The monoisotopic (exact) mass is 335 g/mol. The number of benzene rings is 2. The Bertz CT molecular complexity index is 1000. The van der Waals surface area contributed by atoms with E-state index >= 15 is 0 Å². The fourth-order valence-electron chi connectivity index (χ4n) is 3.35. The van der Waals surface area contributed by atoms with Crippen molar-refractivity contribution in [2.75, 3.05) is 0 Å². The predicted octanol–water partition coefficient (Wildman–Crippen LogP) is 4.26. The Kier molecular flexibility index (Phi) is 3.84. The van der Waals surface area contributed by atoms with Gasteiger partial charge >= 0.3 is 0 Å². The molecule has 25 heavy (non-hydrogen) atoms. The van der Waals surface area contributed by atoms with Crippen molar-refractivity contribution >= 4 is 28.2 Å². The minimum absolute atomic E-state index is 0.246. The van der Waals surface area contributed by atoms with Crippen LogP contribution < -0.4 is 5.73 Å². The Morgan fingerprint density at radius 2 is 2.08 bits per heavy atom. The van der Waals surface area contributed by atoms with Crippen LogP contribution in [-0.2, 0) is 11.2 Å². The van der Waals surface area contributed by atoms with Crippen LogP contribution in [0.25, 0.3) is 22.0 Å². The van der Waals surface area contributed by atoms with Gasteiger partial charge in [-0.05, 0) is 60.7 Å². The highest BCUT2D eigenvalue weighted by Crippen LogP contribution is 2.34. The molecule has 0 saturated heterocycles. The molecule has 0 atom stereocenters. The van der Waals surface area contributed by atoms with Gasteiger partial charge in [0.25, 0.3) is 0 Å². The average molecular weight is 335 g/mol. The second-order valence-corrected chi connectivity index (χ2v) is 6.38. The third kappa shape index (κ3) is 3.05. The number of rotatable bonds is 4. The molecule has 1 aliphatic heterocycles. The fraction of sp³-hybridized carbons (Fsp3) is 0.200. The highest BCUT2D eigenvalue weighted by molar-refractivity contribution is 5.96. The zero-order chi connectivity index (χ0) is 17.4. The van der Waals surface area contributed by atoms with E-state index in [1.54, 1.807) is 6.07 Å². The van der Waals surface area contributed by atoms with E-state index < -0.39 is 0 Å². The van der Waals surface area contributed by atoms with Gasteiger partial charge in [-0.25, -0.2) is 4.39 Å². The van der Waals surface area contributed by atoms with E-state index in [1.807, 2.05) is 18.3 Å². The molecule has 0 unspecified atom stereocenters. The molecule has 4 rings (SSSR count). The zero-order valence-electron chi connectivity index (χ0n) is 13.7. The van der Waals surface area contributed by atoms with Crippen molar-refractivity contribution in [1.29, 1.82) is 0 Å². The summed E-state index contributed by atoms with van der Waals surface area (Å²) in [6.07, 6.45) is 4.64. The van der Waals surface area contributed by atoms with Crippen molar-refractivity contribution in [1.82, 2.24) is 4.98 Å². The zero-order valence-corrected chi connectivity index (χ0v) is 13.7. The molecule has 126 valence electrons. The first kappa shape index (κ1) is 15.6. The molecule has 5 heteroatoms. The number of aromatic nitrogens is 1. The summed E-state index contributed by atoms with van der Waals surface area (Å²) in [7, 11) is 0. The highest BCUT2D eigenvalue weighted by atomic mass is 19.1. The first-order valence-corrected chi connectivity index (χ1v) is 8.35. The Morgan fingerprint density at radius 3 is 2.92 bits per heavy atom. The number of nitrogens with two attached hydrogens (primary N) is 1. The molecule has 0 bridgehead atoms. The number of carbonyl (C=O) groups excluding carboxylic acids is 1. The van der Waals surface area contributed by atoms with Gasteiger partial charge in [-0.15, -0.1) is 0 Å². The Labute approximate surface area is 144 Å². The van der Waals surface area contributed by atoms with E-state index in [4.69, 9.17) is 5.73 Å². The van der Waals surface area contributed by atoms with Crippen LogP contribution in [0.4, 0.5) is 10.1 Å². The number of nitrogens with zero attached hydrogens (tertiary/aromatic N) is 1. The van der Waals surface area contributed by atoms with Crippen molar-refractivity contribution in [2.45, 2.75) is 25.7 Å². The molecule has 0 aliphatic carbocycles. The molecule has 3 aromatic rings. The van der Waals surface area contributed by atoms with Crippen LogP contribution in [0.1, 0.15) is 24.8 Å². The number of aliphatic imine (C=N–C) groups is 1. The number of hydrogen-bond donors (Lipinski definition) is 2. The standard InChI is InChI=1S/C20H18FN3O/c21-14-3-6-16-17(11-23-19(16)10-14)12-2-7-18-13(9-12)1-4-15(24-18)5-8-20(22)25/h2-3,6-7,9-11,23H,1,4-5,8H2,(H2,22,25). The molecule has 2 aromatic carbocycles. The summed E-state index contributed by atoms with van der Waals surface area (Å²) in [4.78, 5) is 18.7. The molecule has 0 radical (unpaired) electrons. The largest absolute Gasteiger partial charge is 0.370 e. The van der Waals surface area contributed by atoms with Gasteiger partial charge in [-0.2, -0.15) is 0 Å². The quantitative estimate of drug-likeness (QED) is 0.735. The molecule has 2 heterocycles. The second kappa shape index (κ2) is 6.16. The van der Waals surface area contributed by atoms with Gasteiger partial charge in [0.05, 0.1) is 5.69 Å². The fourth-order valence-corrected chi connectivity index (χ4v) is 3.35. The van der Waals surface area contributed by atoms with Gasteiger partial charge in [0.15, 0.2) is 0 Å². The maximum absolute atomic E-state index is 13.4. The maximum atomic E-state index is 13.4. The number of aryl methyl sites for hydroxylation is 1. The molecule has 0 saturated carbocycles. The third-order valence-corrected chi connectivity index (χ3v) is 4.66. The second-order valence-electron chi connectivity index (χ2n) is 6.38. The van der Waals surface area contributed by atoms with Crippen molar-refractivity contribution in [2.24, 2.45) is 10.7 Å². The van der Waals surface area contributed by atoms with Crippen LogP contribution in [0.3, 0.4) is 0 Å². The first-order valence-electron chi connectivity index (χ1n) is 8.35. The van der Waals surface area contributed by atoms with Crippen molar-refractivity contribution in [3.63, 3.8) is 0 Å². The number of primary amides is 1. The van der Waals surface area contributed by atoms with Crippen LogP contribution >= 0.6 is 0 Å². The summed E-state index contributed by atoms with van der Waals surface area (Å²) >= 11 is 0. The summed E-state index contributed by atoms with van der Waals surface area (Å²) in [6, 6.07) is 11.0. The van der Waals surface area contributed by atoms with Gasteiger partial charge in [-0.1, -0.05) is 6.07 Å². The summed E-state index contributed by atoms with van der Waals surface area (Å²) in [5, 5.41) is 1.00. The van der Waals surface area contributed by atoms with E-state index in [0.717, 1.165) is 46.3 Å². The first-order chi connectivity index (χ1) is 12.1. The van der Waals surface area contributed by atoms with Crippen LogP contribution in [0.5, 0.6) is 0 Å². The van der Waals surface area contributed by atoms with E-state index in [2.05, 4.69) is 16.0 Å². The van der Waals surface area contributed by atoms with Crippen molar-refractivity contribution in [3.05, 3.63) is 54.0 Å². The van der Waals surface area contributed by atoms with Crippen LogP contribution in [0.15, 0.2) is 47.6 Å². The average Bonchev–Trinajstić information content (AvgIpc) is 3.02. The minimum atomic E-state index is -0.292. The molecule has 3 N–H and O–H groups in total. The SMILES string of the molecule is NC(=O)CCC1=Nc2ccc(-c3c[nH]c4cc(F)ccc34)cc2CC1. The molecule has 0 spiro atoms. The van der Waals surface area contributed by atoms with E-state index in [1.165, 1.54) is 17.7 Å². The smallest absolute Gasteiger partial charge is 0.217 e. The van der Waals surface area contributed by atoms with Crippen molar-refractivity contribution in [3.8, 4) is 11.1 Å². The van der Waals surface area contributed by atoms with Crippen molar-refractivity contribution < 1.29 is 9.18 Å². The Hall–Kier alpha value is -2.95. The van der Waals surface area contributed by atoms with E-state index in [9.17, 15) is 9.18 Å². The summed E-state index contributed by atoms with van der Waals surface area (Å²) < 4.78 is 13.4. The van der Waals surface area contributed by atoms with Gasteiger partial charge in [0.2, 0.25) is 5.91 Å². The number of halogens is 1. The van der Waals surface area contributed by atoms with Crippen LogP contribution in [0.2, 0.25) is 0 Å². The van der Waals surface area contributed by atoms with E-state index in [-0.39, 0.29) is 11.7 Å². The Balaban J connectivity index is 1.67. The van der Waals surface area contributed by atoms with Crippen LogP contribution in [0, 0.1) is 5.82 Å². The number of amides is 1. The highest BCUT2D eigenvalue weighted by Gasteiger charge is 2.15. The van der Waals surface area contributed by atoms with Crippen LogP contribution in [-0.4, -0.2) is 16.6 Å². The maximum Gasteiger partial charge on any atom is 0.217 e. The molecule has 0 fully saturated rings. The number of aromatic amines is 1. The topological polar surface area (TPSA) is 71.2 Å². The Morgan fingerprint density at radius 1 is 1.20 bits per heavy atom. The number of carbonyl (C=O) groups is 1. The number of H-pyrrole nitrogens is 1. The lowest BCUT2D eigenvalue weighted by molar-refractivity contribution is -0.117. The molecular formula is C20H18FN3O. The van der Waals surface area contributed by atoms with Gasteiger partial charge < -0.3 is 10.7 Å². The molecular weight excluding hydrogens is 317 g/mol. The van der Waals surface area contributed by atoms with E-state index in [0.29, 0.717) is 12.8 Å². The van der Waals surface area contributed by atoms with Gasteiger partial charge in [-0.3, -0.25) is 9.79 Å². The summed E-state index contributed by atoms with van der Waals surface area (Å²) in [6.45, 7) is 0. The molecule has 1 aliphatic rings. The van der Waals surface area contributed by atoms with Gasteiger partial charge in [0, 0.05) is 34.8 Å². The molecule has 4 nitrogen and oxygen atoms in total. The lowest BCUT2D eigenvalue weighted by atomic mass is 9.95.